The molecular formula is C74H152N2O6P+. The highest BCUT2D eigenvalue weighted by atomic mass is 31.2. The number of rotatable bonds is 72. The molecule has 0 aromatic rings. The van der Waals surface area contributed by atoms with Crippen molar-refractivity contribution in [1.82, 2.24) is 5.32 Å². The SMILES string of the molecule is CCCCCCCCCCCCCCCCCCCCCCCCCCCCCCCCCCCCCCCC(=O)NC(COP(=O)(O)OCC[N+](C)(C)C)C(O)CCCCCCCCCCCCCCCCCCCCCCCCCC. The summed E-state index contributed by atoms with van der Waals surface area (Å²) in [6, 6.07) is -0.757. The highest BCUT2D eigenvalue weighted by Gasteiger charge is 2.28. The summed E-state index contributed by atoms with van der Waals surface area (Å²) in [4.78, 5) is 23.5. The minimum Gasteiger partial charge on any atom is -0.391 e. The van der Waals surface area contributed by atoms with E-state index in [0.29, 0.717) is 23.9 Å². The molecule has 0 aliphatic rings. The maximum Gasteiger partial charge on any atom is 0.472 e. The van der Waals surface area contributed by atoms with Gasteiger partial charge in [-0.3, -0.25) is 13.8 Å². The predicted molar refractivity (Wildman–Crippen MR) is 365 cm³/mol. The predicted octanol–water partition coefficient (Wildman–Crippen LogP) is 24.3. The summed E-state index contributed by atoms with van der Waals surface area (Å²) in [5.74, 6) is -0.132. The molecule has 3 atom stereocenters. The molecule has 0 aliphatic carbocycles. The Bertz CT molecular complexity index is 1310. The van der Waals surface area contributed by atoms with Crippen molar-refractivity contribution in [2.45, 2.75) is 431 Å². The Morgan fingerprint density at radius 3 is 0.807 bits per heavy atom. The lowest BCUT2D eigenvalue weighted by Crippen LogP contribution is -2.46. The Balaban J connectivity index is 3.89. The number of aliphatic hydroxyl groups is 1. The van der Waals surface area contributed by atoms with Crippen LogP contribution in [0.1, 0.15) is 418 Å². The first-order valence-electron chi connectivity index (χ1n) is 37.9. The minimum atomic E-state index is -4.33. The molecule has 1 amide bonds. The molecule has 0 saturated carbocycles. The van der Waals surface area contributed by atoms with Crippen LogP contribution in [0.2, 0.25) is 0 Å². The van der Waals surface area contributed by atoms with Crippen LogP contribution in [0.15, 0.2) is 0 Å². The largest absolute Gasteiger partial charge is 0.472 e. The zero-order valence-electron chi connectivity index (χ0n) is 57.2. The van der Waals surface area contributed by atoms with Crippen molar-refractivity contribution < 1.29 is 32.9 Å². The second-order valence-electron chi connectivity index (χ2n) is 27.8. The maximum absolute atomic E-state index is 13.1. The van der Waals surface area contributed by atoms with E-state index < -0.39 is 20.0 Å². The third-order valence-electron chi connectivity index (χ3n) is 18.1. The van der Waals surface area contributed by atoms with Gasteiger partial charge in [0.2, 0.25) is 5.91 Å². The molecule has 0 aliphatic heterocycles. The fraction of sp³-hybridized carbons (Fsp3) is 0.986. The zero-order chi connectivity index (χ0) is 60.5. The van der Waals surface area contributed by atoms with Crippen LogP contribution in [-0.4, -0.2) is 73.4 Å². The lowest BCUT2D eigenvalue weighted by molar-refractivity contribution is -0.870. The van der Waals surface area contributed by atoms with E-state index in [2.05, 4.69) is 19.2 Å². The van der Waals surface area contributed by atoms with Crippen LogP contribution in [0.4, 0.5) is 0 Å². The number of likely N-dealkylation sites (N-methyl/N-ethyl adjacent to an activating group) is 1. The number of phosphoric acid groups is 1. The summed E-state index contributed by atoms with van der Waals surface area (Å²) in [5.41, 5.74) is 0. The number of quaternary nitrogens is 1. The van der Waals surface area contributed by atoms with Gasteiger partial charge in [0, 0.05) is 6.42 Å². The second kappa shape index (κ2) is 65.9. The number of hydrogen-bond acceptors (Lipinski definition) is 5. The lowest BCUT2D eigenvalue weighted by Gasteiger charge is -2.26. The van der Waals surface area contributed by atoms with Crippen LogP contribution in [0, 0.1) is 0 Å². The lowest BCUT2D eigenvalue weighted by atomic mass is 10.0. The number of nitrogens with one attached hydrogen (secondary N) is 1. The molecule has 0 heterocycles. The molecule has 83 heavy (non-hydrogen) atoms. The molecule has 0 aromatic heterocycles. The average Bonchev–Trinajstić information content (AvgIpc) is 3.50. The van der Waals surface area contributed by atoms with E-state index in [-0.39, 0.29) is 19.1 Å². The van der Waals surface area contributed by atoms with Crippen molar-refractivity contribution in [3.05, 3.63) is 0 Å². The first-order valence-corrected chi connectivity index (χ1v) is 39.4. The molecule has 0 aromatic carbocycles. The van der Waals surface area contributed by atoms with Gasteiger partial charge in [-0.25, -0.2) is 4.57 Å². The van der Waals surface area contributed by atoms with E-state index in [9.17, 15) is 19.4 Å². The maximum atomic E-state index is 13.1. The van der Waals surface area contributed by atoms with Crippen molar-refractivity contribution in [2.24, 2.45) is 0 Å². The van der Waals surface area contributed by atoms with Crippen LogP contribution >= 0.6 is 7.82 Å². The van der Waals surface area contributed by atoms with E-state index in [1.807, 2.05) is 21.1 Å². The molecule has 0 fully saturated rings. The monoisotopic (exact) mass is 1200 g/mol. The second-order valence-corrected chi connectivity index (χ2v) is 29.2. The molecule has 0 spiro atoms. The molecule has 0 bridgehead atoms. The summed E-state index contributed by atoms with van der Waals surface area (Å²) in [5, 5.41) is 14.2. The van der Waals surface area contributed by atoms with E-state index in [0.717, 1.165) is 38.5 Å². The molecule has 0 radical (unpaired) electrons. The molecule has 498 valence electrons. The fourth-order valence-corrected chi connectivity index (χ4v) is 13.0. The van der Waals surface area contributed by atoms with Crippen molar-refractivity contribution >= 4 is 13.7 Å². The Labute approximate surface area is 520 Å². The summed E-state index contributed by atoms with van der Waals surface area (Å²) in [6.45, 7) is 4.97. The van der Waals surface area contributed by atoms with E-state index >= 15 is 0 Å². The van der Waals surface area contributed by atoms with Crippen LogP contribution in [0.3, 0.4) is 0 Å². The van der Waals surface area contributed by atoms with Gasteiger partial charge in [-0.15, -0.1) is 0 Å². The number of carbonyl (C=O) groups is 1. The third-order valence-corrected chi connectivity index (χ3v) is 19.1. The van der Waals surface area contributed by atoms with Gasteiger partial charge in [-0.1, -0.05) is 399 Å². The first kappa shape index (κ1) is 82.5. The molecule has 3 N–H and O–H groups in total. The average molecular weight is 1200 g/mol. The van der Waals surface area contributed by atoms with Gasteiger partial charge >= 0.3 is 7.82 Å². The summed E-state index contributed by atoms with van der Waals surface area (Å²) < 4.78 is 23.9. The third kappa shape index (κ3) is 68.8. The molecule has 8 nitrogen and oxygen atoms in total. The van der Waals surface area contributed by atoms with E-state index in [1.54, 1.807) is 0 Å². The van der Waals surface area contributed by atoms with Gasteiger partial charge in [-0.2, -0.15) is 0 Å². The van der Waals surface area contributed by atoms with Crippen LogP contribution in [-0.2, 0) is 18.4 Å². The van der Waals surface area contributed by atoms with Crippen LogP contribution < -0.4 is 5.32 Å². The normalized spacial score (nSPS) is 13.5. The summed E-state index contributed by atoms with van der Waals surface area (Å²) in [6.07, 6.45) is 83.8. The van der Waals surface area contributed by atoms with Gasteiger partial charge in [0.15, 0.2) is 0 Å². The summed E-state index contributed by atoms with van der Waals surface area (Å²) in [7, 11) is 1.64. The number of carbonyl (C=O) groups excluding carboxylic acids is 1. The van der Waals surface area contributed by atoms with Crippen molar-refractivity contribution in [3.8, 4) is 0 Å². The Kier molecular flexibility index (Phi) is 65.5. The van der Waals surface area contributed by atoms with Crippen LogP contribution in [0.25, 0.3) is 0 Å². The molecule has 9 heteroatoms. The van der Waals surface area contributed by atoms with Crippen molar-refractivity contribution in [3.63, 3.8) is 0 Å². The van der Waals surface area contributed by atoms with Gasteiger partial charge in [0.05, 0.1) is 39.9 Å². The van der Waals surface area contributed by atoms with Crippen LogP contribution in [0.5, 0.6) is 0 Å². The number of aliphatic hydroxyl groups excluding tert-OH is 1. The first-order chi connectivity index (χ1) is 40.5. The number of unbranched alkanes of at least 4 members (excludes halogenated alkanes) is 59. The van der Waals surface area contributed by atoms with Crippen molar-refractivity contribution in [2.75, 3.05) is 40.9 Å². The molecule has 3 unspecified atom stereocenters. The molecule has 0 rings (SSSR count). The topological polar surface area (TPSA) is 105 Å². The number of phosphoric ester groups is 1. The van der Waals surface area contributed by atoms with E-state index in [4.69, 9.17) is 9.05 Å². The zero-order valence-corrected chi connectivity index (χ0v) is 58.1. The Morgan fingerprint density at radius 2 is 0.578 bits per heavy atom. The van der Waals surface area contributed by atoms with Gasteiger partial charge in [0.25, 0.3) is 0 Å². The highest BCUT2D eigenvalue weighted by molar-refractivity contribution is 7.47. The standard InChI is InChI=1S/C74H151N2O6P/c1-6-8-10-12-14-16-18-20-22-24-26-28-30-32-33-34-35-36-37-38-39-40-41-42-43-44-46-48-50-52-54-56-58-60-62-64-66-68-74(78)75-72(71-82-83(79,80)81-70-69-76(3,4)5)73(77)67-65-63-61-59-57-55-53-51-49-47-45-31-29-27-25-23-21-19-17-15-13-11-9-7-2/h72-73,77H,6-71H2,1-5H3,(H-,75,78,79,80)/p+1. The molecular weight excluding hydrogens is 1040 g/mol. The van der Waals surface area contributed by atoms with Gasteiger partial charge < -0.3 is 19.8 Å². The highest BCUT2D eigenvalue weighted by Crippen LogP contribution is 2.43. The van der Waals surface area contributed by atoms with Gasteiger partial charge in [0.1, 0.15) is 13.2 Å². The number of amides is 1. The summed E-state index contributed by atoms with van der Waals surface area (Å²) >= 11 is 0. The fourth-order valence-electron chi connectivity index (χ4n) is 12.2. The number of hydrogen-bond donors (Lipinski definition) is 3. The quantitative estimate of drug-likeness (QED) is 0.0318. The van der Waals surface area contributed by atoms with Gasteiger partial charge in [-0.05, 0) is 12.8 Å². The Hall–Kier alpha value is -0.500. The minimum absolute atomic E-state index is 0.0795. The smallest absolute Gasteiger partial charge is 0.391 e. The molecule has 0 saturated heterocycles. The van der Waals surface area contributed by atoms with E-state index in [1.165, 1.54) is 353 Å². The number of nitrogens with zero attached hydrogens (tertiary/aromatic N) is 1. The van der Waals surface area contributed by atoms with Crippen molar-refractivity contribution in [1.29, 1.82) is 0 Å². The Morgan fingerprint density at radius 1 is 0.361 bits per heavy atom.